The van der Waals surface area contributed by atoms with E-state index in [1.807, 2.05) is 0 Å². The highest BCUT2D eigenvalue weighted by Gasteiger charge is 2.48. The molecule has 196 valence electrons. The van der Waals surface area contributed by atoms with Crippen molar-refractivity contribution in [2.75, 3.05) is 0 Å². The number of fused-ring (bicyclic) bond motifs is 4. The molecule has 11 unspecified atom stereocenters. The van der Waals surface area contributed by atoms with E-state index in [-0.39, 0.29) is 29.7 Å². The number of hydrogen-bond acceptors (Lipinski definition) is 9. The third kappa shape index (κ3) is 6.91. The fourth-order valence-electron chi connectivity index (χ4n) is 4.55. The highest BCUT2D eigenvalue weighted by atomic mass is 35.5. The fourth-order valence-corrected chi connectivity index (χ4v) is 4.76. The first-order valence-corrected chi connectivity index (χ1v) is 12.0. The molecule has 11 heteroatoms. The van der Waals surface area contributed by atoms with Crippen molar-refractivity contribution in [3.63, 3.8) is 0 Å². The lowest BCUT2D eigenvalue weighted by atomic mass is 9.97. The second-order valence-corrected chi connectivity index (χ2v) is 9.91. The zero-order valence-electron chi connectivity index (χ0n) is 19.5. The Morgan fingerprint density at radius 1 is 1.17 bits per heavy atom. The van der Waals surface area contributed by atoms with Gasteiger partial charge in [0.15, 0.2) is 6.10 Å². The Balaban J connectivity index is 1.86. The van der Waals surface area contributed by atoms with Crippen LogP contribution in [0, 0.1) is 11.8 Å². The minimum Gasteiger partial charge on any atom is -0.481 e. The molecular formula is C24H33ClO10. The second kappa shape index (κ2) is 12.0. The smallest absolute Gasteiger partial charge is 0.335 e. The molecule has 2 fully saturated rings. The summed E-state index contributed by atoms with van der Waals surface area (Å²) in [4.78, 5) is 23.9. The van der Waals surface area contributed by atoms with Gasteiger partial charge in [0.05, 0.1) is 18.6 Å². The van der Waals surface area contributed by atoms with Gasteiger partial charge in [-0.05, 0) is 24.3 Å². The Morgan fingerprint density at radius 3 is 2.57 bits per heavy atom. The highest BCUT2D eigenvalue weighted by molar-refractivity contribution is 6.30. The predicted octanol–water partition coefficient (Wildman–Crippen LogP) is 0.652. The summed E-state index contributed by atoms with van der Waals surface area (Å²) in [5.74, 6) is -2.34. The van der Waals surface area contributed by atoms with Crippen LogP contribution in [0.25, 0.3) is 0 Å². The van der Waals surface area contributed by atoms with Crippen molar-refractivity contribution < 1.29 is 49.3 Å². The number of allylic oxidation sites excluding steroid dienone is 3. The number of carboxylic acids is 1. The summed E-state index contributed by atoms with van der Waals surface area (Å²) in [6.07, 6.45) is -2.65. The number of aliphatic hydroxyl groups excluding tert-OH is 4. The SMILES string of the molecule is CC(C=CC(O)C1OC2CC1OC(=O)C1OC(CC1C)C(O)C(O)C=CC=C(Cl)C2O)CC(=O)O. The van der Waals surface area contributed by atoms with E-state index in [4.69, 9.17) is 30.9 Å². The molecule has 0 aromatic rings. The molecule has 35 heavy (non-hydrogen) atoms. The van der Waals surface area contributed by atoms with Gasteiger partial charge in [-0.25, -0.2) is 4.79 Å². The quantitative estimate of drug-likeness (QED) is 0.259. The number of carbonyl (C=O) groups is 2. The lowest BCUT2D eigenvalue weighted by molar-refractivity contribution is -0.171. The zero-order valence-corrected chi connectivity index (χ0v) is 20.3. The summed E-state index contributed by atoms with van der Waals surface area (Å²) in [5.41, 5.74) is 0. The van der Waals surface area contributed by atoms with E-state index in [2.05, 4.69) is 0 Å². The first-order valence-electron chi connectivity index (χ1n) is 11.7. The van der Waals surface area contributed by atoms with Gasteiger partial charge in [0.2, 0.25) is 0 Å². The first kappa shape index (κ1) is 27.8. The van der Waals surface area contributed by atoms with Crippen molar-refractivity contribution >= 4 is 23.5 Å². The van der Waals surface area contributed by atoms with Crippen LogP contribution in [0.15, 0.2) is 35.4 Å². The average molecular weight is 517 g/mol. The van der Waals surface area contributed by atoms with Gasteiger partial charge in [0.25, 0.3) is 0 Å². The third-order valence-corrected chi connectivity index (χ3v) is 6.85. The molecule has 0 aliphatic carbocycles. The molecule has 4 bridgehead atoms. The number of halogens is 1. The van der Waals surface area contributed by atoms with Gasteiger partial charge < -0.3 is 39.7 Å². The third-order valence-electron chi connectivity index (χ3n) is 6.50. The Labute approximate surface area is 208 Å². The summed E-state index contributed by atoms with van der Waals surface area (Å²) in [6.45, 7) is 3.45. The van der Waals surface area contributed by atoms with Crippen LogP contribution in [0.5, 0.6) is 0 Å². The normalized spacial score (nSPS) is 40.0. The van der Waals surface area contributed by atoms with Gasteiger partial charge in [-0.3, -0.25) is 4.79 Å². The van der Waals surface area contributed by atoms with E-state index in [1.54, 1.807) is 13.8 Å². The Kier molecular flexibility index (Phi) is 9.50. The molecule has 3 heterocycles. The first-order chi connectivity index (χ1) is 16.5. The number of aliphatic hydroxyl groups is 4. The summed E-state index contributed by atoms with van der Waals surface area (Å²) in [5, 5.41) is 51.0. The number of rotatable bonds is 5. The molecule has 3 aliphatic rings. The van der Waals surface area contributed by atoms with Crippen molar-refractivity contribution in [3.05, 3.63) is 35.4 Å². The molecule has 0 spiro atoms. The Bertz CT molecular complexity index is 857. The summed E-state index contributed by atoms with van der Waals surface area (Å²) < 4.78 is 17.2. The van der Waals surface area contributed by atoms with E-state index in [0.29, 0.717) is 6.42 Å². The van der Waals surface area contributed by atoms with Crippen LogP contribution in [0.2, 0.25) is 0 Å². The number of carboxylic acid groups (broad SMARTS) is 1. The average Bonchev–Trinajstić information content (AvgIpc) is 3.38. The molecule has 3 aliphatic heterocycles. The summed E-state index contributed by atoms with van der Waals surface area (Å²) >= 11 is 6.21. The number of esters is 1. The summed E-state index contributed by atoms with van der Waals surface area (Å²) in [6, 6.07) is 0. The van der Waals surface area contributed by atoms with Gasteiger partial charge in [-0.1, -0.05) is 49.8 Å². The van der Waals surface area contributed by atoms with Crippen molar-refractivity contribution in [2.45, 2.75) is 88.0 Å². The standard InChI is InChI=1S/C24H33ClO10/c1-11(8-19(28)29)6-7-15(27)23-18-10-17(34-23)20(30)13(25)4-3-5-14(26)21(31)16-9-12(2)22(33-16)24(32)35-18/h3-7,11-12,14-18,20-23,26-27,30-31H,8-10H2,1-2H3,(H,28,29). The lowest BCUT2D eigenvalue weighted by Gasteiger charge is -2.25. The highest BCUT2D eigenvalue weighted by Crippen LogP contribution is 2.35. The van der Waals surface area contributed by atoms with Crippen molar-refractivity contribution in [1.82, 2.24) is 0 Å². The van der Waals surface area contributed by atoms with Crippen LogP contribution in [-0.2, 0) is 23.8 Å². The second-order valence-electron chi connectivity index (χ2n) is 9.47. The largest absolute Gasteiger partial charge is 0.481 e. The van der Waals surface area contributed by atoms with Crippen molar-refractivity contribution in [2.24, 2.45) is 11.8 Å². The van der Waals surface area contributed by atoms with Crippen molar-refractivity contribution in [3.8, 4) is 0 Å². The van der Waals surface area contributed by atoms with E-state index in [9.17, 15) is 30.0 Å². The van der Waals surface area contributed by atoms with Gasteiger partial charge in [-0.15, -0.1) is 0 Å². The van der Waals surface area contributed by atoms with Crippen molar-refractivity contribution in [1.29, 1.82) is 0 Å². The Hall–Kier alpha value is -1.79. The minimum absolute atomic E-state index is 0.0138. The molecular weight excluding hydrogens is 484 g/mol. The molecule has 5 N–H and O–H groups in total. The van der Waals surface area contributed by atoms with Crippen LogP contribution in [-0.4, -0.2) is 92.4 Å². The van der Waals surface area contributed by atoms with E-state index in [1.165, 1.54) is 30.4 Å². The molecule has 0 aromatic carbocycles. The molecule has 3 rings (SSSR count). The maximum atomic E-state index is 13.0. The predicted molar refractivity (Wildman–Crippen MR) is 123 cm³/mol. The summed E-state index contributed by atoms with van der Waals surface area (Å²) in [7, 11) is 0. The molecule has 0 aromatic heterocycles. The van der Waals surface area contributed by atoms with Gasteiger partial charge in [0, 0.05) is 11.5 Å². The number of hydrogen-bond donors (Lipinski definition) is 5. The molecule has 0 saturated carbocycles. The number of ether oxygens (including phenoxy) is 3. The fraction of sp³-hybridized carbons (Fsp3) is 0.667. The van der Waals surface area contributed by atoms with Crippen LogP contribution < -0.4 is 0 Å². The maximum absolute atomic E-state index is 13.0. The maximum Gasteiger partial charge on any atom is 0.335 e. The lowest BCUT2D eigenvalue weighted by Crippen LogP contribution is -2.40. The monoisotopic (exact) mass is 516 g/mol. The topological polar surface area (TPSA) is 163 Å². The van der Waals surface area contributed by atoms with Crippen LogP contribution in [0.4, 0.5) is 0 Å². The number of aliphatic carboxylic acids is 1. The Morgan fingerprint density at radius 2 is 1.89 bits per heavy atom. The minimum atomic E-state index is -1.31. The molecule has 10 nitrogen and oxygen atoms in total. The zero-order chi connectivity index (χ0) is 25.9. The van der Waals surface area contributed by atoms with Crippen LogP contribution >= 0.6 is 11.6 Å². The van der Waals surface area contributed by atoms with E-state index in [0.717, 1.165) is 0 Å². The van der Waals surface area contributed by atoms with Gasteiger partial charge in [-0.2, -0.15) is 0 Å². The van der Waals surface area contributed by atoms with Gasteiger partial charge in [0.1, 0.15) is 36.6 Å². The molecule has 2 saturated heterocycles. The molecule has 0 amide bonds. The molecule has 0 radical (unpaired) electrons. The molecule has 11 atom stereocenters. The van der Waals surface area contributed by atoms with Gasteiger partial charge >= 0.3 is 11.9 Å². The van der Waals surface area contributed by atoms with E-state index >= 15 is 0 Å². The van der Waals surface area contributed by atoms with Crippen LogP contribution in [0.1, 0.15) is 33.1 Å². The van der Waals surface area contributed by atoms with E-state index < -0.39 is 66.9 Å². The number of carbonyl (C=O) groups excluding carboxylic acids is 1. The van der Waals surface area contributed by atoms with Crippen LogP contribution in [0.3, 0.4) is 0 Å².